The summed E-state index contributed by atoms with van der Waals surface area (Å²) in [4.78, 5) is 28.0. The number of benzene rings is 3. The normalized spacial score (nSPS) is 18.5. The van der Waals surface area contributed by atoms with Crippen LogP contribution in [0.1, 0.15) is 29.0 Å². The molecule has 0 aromatic heterocycles. The van der Waals surface area contributed by atoms with E-state index in [1.807, 2.05) is 78.9 Å². The molecule has 0 radical (unpaired) electrons. The van der Waals surface area contributed by atoms with Gasteiger partial charge in [-0.25, -0.2) is 4.79 Å². The van der Waals surface area contributed by atoms with E-state index in [0.29, 0.717) is 31.0 Å². The fraction of sp³-hybridized carbons (Fsp3) is 0.259. The topological polar surface area (TPSA) is 77.1 Å². The predicted octanol–water partition coefficient (Wildman–Crippen LogP) is 4.23. The van der Waals surface area contributed by atoms with Gasteiger partial charge in [0.1, 0.15) is 12.6 Å². The highest BCUT2D eigenvalue weighted by atomic mass is 16.7. The van der Waals surface area contributed by atoms with E-state index in [4.69, 9.17) is 14.2 Å². The number of carbonyl (C=O) groups excluding carboxylic acids is 2. The van der Waals surface area contributed by atoms with Gasteiger partial charge in [-0.05, 0) is 35.2 Å². The minimum Gasteiger partial charge on any atom is -0.454 e. The highest BCUT2D eigenvalue weighted by molar-refractivity contribution is 5.87. The van der Waals surface area contributed by atoms with Crippen molar-refractivity contribution in [2.24, 2.45) is 0 Å². The maximum atomic E-state index is 13.4. The van der Waals surface area contributed by atoms with E-state index >= 15 is 0 Å². The number of hydrogen-bond acceptors (Lipinski definition) is 5. The summed E-state index contributed by atoms with van der Waals surface area (Å²) in [5.41, 5.74) is 2.82. The van der Waals surface area contributed by atoms with Crippen molar-refractivity contribution in [2.45, 2.75) is 31.5 Å². The van der Waals surface area contributed by atoms with Crippen molar-refractivity contribution < 1.29 is 23.8 Å². The van der Waals surface area contributed by atoms with E-state index < -0.39 is 12.1 Å². The van der Waals surface area contributed by atoms with Crippen LogP contribution in [0.15, 0.2) is 78.9 Å². The van der Waals surface area contributed by atoms with Gasteiger partial charge in [-0.2, -0.15) is 0 Å². The molecule has 0 spiro atoms. The Morgan fingerprint density at radius 2 is 1.62 bits per heavy atom. The number of fused-ring (bicyclic) bond motifs is 1. The van der Waals surface area contributed by atoms with Gasteiger partial charge >= 0.3 is 6.09 Å². The molecule has 5 rings (SSSR count). The van der Waals surface area contributed by atoms with Crippen LogP contribution in [0.25, 0.3) is 0 Å². The molecule has 2 atom stereocenters. The molecule has 2 aliphatic rings. The first-order valence-electron chi connectivity index (χ1n) is 11.4. The van der Waals surface area contributed by atoms with Crippen molar-refractivity contribution in [3.63, 3.8) is 0 Å². The maximum Gasteiger partial charge on any atom is 0.410 e. The third kappa shape index (κ3) is 4.69. The highest BCUT2D eigenvalue weighted by Gasteiger charge is 2.43. The number of hydrogen-bond donors (Lipinski definition) is 1. The molecule has 1 fully saturated rings. The Labute approximate surface area is 198 Å². The minimum absolute atomic E-state index is 0.156. The second kappa shape index (κ2) is 9.87. The van der Waals surface area contributed by atoms with Crippen LogP contribution in [0, 0.1) is 0 Å². The van der Waals surface area contributed by atoms with Crippen molar-refractivity contribution in [1.82, 2.24) is 10.2 Å². The Morgan fingerprint density at radius 1 is 0.912 bits per heavy atom. The Hall–Kier alpha value is -4.00. The Kier molecular flexibility index (Phi) is 6.33. The highest BCUT2D eigenvalue weighted by Crippen LogP contribution is 2.40. The lowest BCUT2D eigenvalue weighted by Gasteiger charge is -2.27. The summed E-state index contributed by atoms with van der Waals surface area (Å²) < 4.78 is 16.5. The summed E-state index contributed by atoms with van der Waals surface area (Å²) in [6, 6.07) is 24.2. The van der Waals surface area contributed by atoms with Crippen LogP contribution < -0.4 is 14.8 Å². The zero-order chi connectivity index (χ0) is 23.3. The van der Waals surface area contributed by atoms with Gasteiger partial charge in [-0.3, -0.25) is 9.69 Å². The molecule has 0 unspecified atom stereocenters. The zero-order valence-corrected chi connectivity index (χ0v) is 18.7. The molecule has 2 amide bonds. The van der Waals surface area contributed by atoms with Gasteiger partial charge < -0.3 is 19.5 Å². The Morgan fingerprint density at radius 3 is 2.38 bits per heavy atom. The van der Waals surface area contributed by atoms with E-state index in [0.717, 1.165) is 16.7 Å². The number of nitrogens with zero attached hydrogens (tertiary/aromatic N) is 1. The van der Waals surface area contributed by atoms with E-state index in [1.54, 1.807) is 4.90 Å². The second-order valence-corrected chi connectivity index (χ2v) is 8.39. The molecule has 7 nitrogen and oxygen atoms in total. The van der Waals surface area contributed by atoms with E-state index in [2.05, 4.69) is 5.32 Å². The molecular weight excluding hydrogens is 432 g/mol. The molecule has 1 saturated heterocycles. The summed E-state index contributed by atoms with van der Waals surface area (Å²) in [5, 5.41) is 3.01. The van der Waals surface area contributed by atoms with Crippen LogP contribution in [-0.4, -0.2) is 36.3 Å². The van der Waals surface area contributed by atoms with Gasteiger partial charge in [-0.15, -0.1) is 0 Å². The van der Waals surface area contributed by atoms with Gasteiger partial charge in [0.05, 0.1) is 0 Å². The first-order chi connectivity index (χ1) is 16.7. The first-order valence-corrected chi connectivity index (χ1v) is 11.4. The molecule has 34 heavy (non-hydrogen) atoms. The smallest absolute Gasteiger partial charge is 0.410 e. The van der Waals surface area contributed by atoms with Gasteiger partial charge in [0, 0.05) is 19.0 Å². The molecular formula is C27H26N2O5. The monoisotopic (exact) mass is 458 g/mol. The predicted molar refractivity (Wildman–Crippen MR) is 125 cm³/mol. The fourth-order valence-corrected chi connectivity index (χ4v) is 4.51. The average Bonchev–Trinajstić information content (AvgIpc) is 3.54. The minimum atomic E-state index is -0.688. The summed E-state index contributed by atoms with van der Waals surface area (Å²) in [6.45, 7) is 1.15. The lowest BCUT2D eigenvalue weighted by molar-refractivity contribution is -0.125. The fourth-order valence-electron chi connectivity index (χ4n) is 4.51. The summed E-state index contributed by atoms with van der Waals surface area (Å²) >= 11 is 0. The Balaban J connectivity index is 1.35. The number of likely N-dealkylation sites (tertiary alicyclic amines) is 1. The molecule has 1 N–H and O–H groups in total. The van der Waals surface area contributed by atoms with Crippen LogP contribution in [0.3, 0.4) is 0 Å². The second-order valence-electron chi connectivity index (χ2n) is 8.39. The van der Waals surface area contributed by atoms with Gasteiger partial charge in [0.15, 0.2) is 11.5 Å². The number of ether oxygens (including phenoxy) is 3. The van der Waals surface area contributed by atoms with Crippen LogP contribution >= 0.6 is 0 Å². The summed E-state index contributed by atoms with van der Waals surface area (Å²) in [5.74, 6) is 0.951. The molecule has 0 aliphatic carbocycles. The number of rotatable bonds is 6. The lowest BCUT2D eigenvalue weighted by atomic mass is 9.91. The van der Waals surface area contributed by atoms with Crippen LogP contribution in [-0.2, 0) is 22.7 Å². The van der Waals surface area contributed by atoms with Crippen molar-refractivity contribution in [2.75, 3.05) is 13.3 Å². The molecule has 2 aliphatic heterocycles. The van der Waals surface area contributed by atoms with Crippen LogP contribution in [0.4, 0.5) is 4.79 Å². The third-order valence-electron chi connectivity index (χ3n) is 6.24. The average molecular weight is 459 g/mol. The largest absolute Gasteiger partial charge is 0.454 e. The van der Waals surface area contributed by atoms with Crippen LogP contribution in [0.5, 0.6) is 11.5 Å². The first kappa shape index (κ1) is 21.8. The van der Waals surface area contributed by atoms with Crippen molar-refractivity contribution in [3.8, 4) is 11.5 Å². The summed E-state index contributed by atoms with van der Waals surface area (Å²) in [7, 11) is 0. The molecule has 174 valence electrons. The third-order valence-corrected chi connectivity index (χ3v) is 6.24. The van der Waals surface area contributed by atoms with Gasteiger partial charge in [0.2, 0.25) is 12.7 Å². The molecule has 0 saturated carbocycles. The molecule has 2 heterocycles. The summed E-state index contributed by atoms with van der Waals surface area (Å²) in [6.07, 6.45) is 0.149. The van der Waals surface area contributed by atoms with E-state index in [9.17, 15) is 9.59 Å². The SMILES string of the molecule is O=C(NCc1ccccc1)[C@H]1[C@H](c2ccc3c(c2)OCO3)CCN1C(=O)OCc1ccccc1. The standard InChI is InChI=1S/C27H26N2O5/c30-26(28-16-19-7-3-1-4-8-19)25-22(21-11-12-23-24(15-21)34-18-33-23)13-14-29(25)27(31)32-17-20-9-5-2-6-10-20/h1-12,15,22,25H,13-14,16-18H2,(H,28,30)/t22-,25+/m0/s1. The van der Waals surface area contributed by atoms with Crippen molar-refractivity contribution in [1.29, 1.82) is 0 Å². The van der Waals surface area contributed by atoms with E-state index in [1.165, 1.54) is 0 Å². The molecule has 0 bridgehead atoms. The zero-order valence-electron chi connectivity index (χ0n) is 18.7. The maximum absolute atomic E-state index is 13.4. The molecule has 7 heteroatoms. The van der Waals surface area contributed by atoms with E-state index in [-0.39, 0.29) is 25.2 Å². The lowest BCUT2D eigenvalue weighted by Crippen LogP contribution is -2.48. The molecule has 3 aromatic rings. The van der Waals surface area contributed by atoms with Gasteiger partial charge in [0.25, 0.3) is 0 Å². The van der Waals surface area contributed by atoms with Crippen molar-refractivity contribution >= 4 is 12.0 Å². The number of nitrogens with one attached hydrogen (secondary N) is 1. The number of carbonyl (C=O) groups is 2. The molecule has 3 aromatic carbocycles. The van der Waals surface area contributed by atoms with Gasteiger partial charge in [-0.1, -0.05) is 66.7 Å². The number of amides is 2. The van der Waals surface area contributed by atoms with Crippen LogP contribution in [0.2, 0.25) is 0 Å². The quantitative estimate of drug-likeness (QED) is 0.598. The van der Waals surface area contributed by atoms with Crippen molar-refractivity contribution in [3.05, 3.63) is 95.6 Å². The Bertz CT molecular complexity index is 1150.